The van der Waals surface area contributed by atoms with E-state index in [0.29, 0.717) is 28.3 Å². The normalized spacial score (nSPS) is 17.3. The van der Waals surface area contributed by atoms with Crippen molar-refractivity contribution in [1.82, 2.24) is 34.5 Å². The molecule has 0 radical (unpaired) electrons. The molecular formula is C22H20F3N9O2. The van der Waals surface area contributed by atoms with Gasteiger partial charge >= 0.3 is 6.18 Å². The second-order valence-electron chi connectivity index (χ2n) is 8.39. The van der Waals surface area contributed by atoms with E-state index in [1.165, 1.54) is 30.3 Å². The zero-order valence-electron chi connectivity index (χ0n) is 19.2. The maximum absolute atomic E-state index is 13.1. The van der Waals surface area contributed by atoms with Crippen molar-refractivity contribution in [2.75, 3.05) is 18.2 Å². The average Bonchev–Trinajstić information content (AvgIpc) is 3.41. The van der Waals surface area contributed by atoms with Crippen LogP contribution in [0.3, 0.4) is 0 Å². The zero-order valence-corrected chi connectivity index (χ0v) is 19.2. The molecule has 186 valence electrons. The molecule has 36 heavy (non-hydrogen) atoms. The summed E-state index contributed by atoms with van der Waals surface area (Å²) in [7, 11) is 1.51. The van der Waals surface area contributed by atoms with Crippen LogP contribution in [-0.4, -0.2) is 53.7 Å². The lowest BCUT2D eigenvalue weighted by molar-refractivity contribution is -0.135. The van der Waals surface area contributed by atoms with Gasteiger partial charge in [-0.1, -0.05) is 0 Å². The molecular weight excluding hydrogens is 479 g/mol. The highest BCUT2D eigenvalue weighted by atomic mass is 19.4. The molecule has 0 aliphatic carbocycles. The Labute approximate surface area is 202 Å². The van der Waals surface area contributed by atoms with Gasteiger partial charge < -0.3 is 15.8 Å². The standard InChI is InChI=1S/C22H20F3N9O2/c1-21(14-6-5-11(36-2)8-27-14)15-16(26)31-17(32-18(15)33-20(21)35)13-9-34-19(28-10-29-34)12(30-13)4-3-7-22(23,24)25/h5-6,8-10H,3-4,7H2,1-2H3,(H3,26,31,32,33,35). The fourth-order valence-electron chi connectivity index (χ4n) is 4.19. The summed E-state index contributed by atoms with van der Waals surface area (Å²) in [6.45, 7) is 1.67. The average molecular weight is 499 g/mol. The highest BCUT2D eigenvalue weighted by molar-refractivity contribution is 6.08. The van der Waals surface area contributed by atoms with Gasteiger partial charge in [0, 0.05) is 6.42 Å². The van der Waals surface area contributed by atoms with Crippen LogP contribution in [0, 0.1) is 0 Å². The molecule has 0 spiro atoms. The van der Waals surface area contributed by atoms with E-state index in [-0.39, 0.29) is 41.9 Å². The van der Waals surface area contributed by atoms with Crippen LogP contribution in [0.25, 0.3) is 17.2 Å². The number of nitrogen functional groups attached to an aromatic ring is 1. The minimum Gasteiger partial charge on any atom is -0.495 e. The van der Waals surface area contributed by atoms with Gasteiger partial charge in [-0.2, -0.15) is 18.3 Å². The molecule has 1 aliphatic rings. The first-order chi connectivity index (χ1) is 17.1. The number of rotatable bonds is 6. The van der Waals surface area contributed by atoms with Gasteiger partial charge in [0.2, 0.25) is 5.91 Å². The summed E-state index contributed by atoms with van der Waals surface area (Å²) < 4.78 is 44.5. The molecule has 1 unspecified atom stereocenters. The summed E-state index contributed by atoms with van der Waals surface area (Å²) in [4.78, 5) is 34.8. The Kier molecular flexibility index (Phi) is 5.45. The van der Waals surface area contributed by atoms with E-state index in [0.717, 1.165) is 0 Å². The van der Waals surface area contributed by atoms with Crippen molar-refractivity contribution in [3.8, 4) is 17.3 Å². The predicted octanol–water partition coefficient (Wildman–Crippen LogP) is 2.71. The number of halogens is 3. The van der Waals surface area contributed by atoms with E-state index in [4.69, 9.17) is 10.5 Å². The zero-order chi connectivity index (χ0) is 25.7. The Balaban J connectivity index is 1.55. The van der Waals surface area contributed by atoms with E-state index >= 15 is 0 Å². The number of nitrogens with zero attached hydrogens (tertiary/aromatic N) is 7. The Morgan fingerprint density at radius 1 is 1.19 bits per heavy atom. The second-order valence-corrected chi connectivity index (χ2v) is 8.39. The molecule has 0 saturated heterocycles. The van der Waals surface area contributed by atoms with Crippen LogP contribution in [0.4, 0.5) is 24.8 Å². The van der Waals surface area contributed by atoms with Crippen LogP contribution in [0.1, 0.15) is 36.7 Å². The predicted molar refractivity (Wildman–Crippen MR) is 121 cm³/mol. The fourth-order valence-corrected chi connectivity index (χ4v) is 4.19. The second kappa shape index (κ2) is 8.39. The van der Waals surface area contributed by atoms with Crippen molar-refractivity contribution in [2.24, 2.45) is 0 Å². The molecule has 14 heteroatoms. The number of pyridine rings is 1. The molecule has 5 rings (SSSR count). The minimum atomic E-state index is -4.28. The first-order valence-corrected chi connectivity index (χ1v) is 10.9. The Hall–Kier alpha value is -4.36. The van der Waals surface area contributed by atoms with Crippen molar-refractivity contribution >= 4 is 23.2 Å². The first-order valence-electron chi connectivity index (χ1n) is 10.9. The van der Waals surface area contributed by atoms with Crippen LogP contribution < -0.4 is 15.8 Å². The summed E-state index contributed by atoms with van der Waals surface area (Å²) in [6, 6.07) is 3.34. The van der Waals surface area contributed by atoms with E-state index in [1.54, 1.807) is 19.1 Å². The molecule has 0 aromatic carbocycles. The quantitative estimate of drug-likeness (QED) is 0.409. The van der Waals surface area contributed by atoms with Crippen LogP contribution in [0.5, 0.6) is 5.75 Å². The summed E-state index contributed by atoms with van der Waals surface area (Å²) in [5.74, 6) is 0.448. The highest BCUT2D eigenvalue weighted by Crippen LogP contribution is 2.44. The van der Waals surface area contributed by atoms with Gasteiger partial charge in [0.05, 0.1) is 36.5 Å². The number of carbonyl (C=O) groups excluding carboxylic acids is 1. The number of nitrogens with one attached hydrogen (secondary N) is 1. The summed E-state index contributed by atoms with van der Waals surface area (Å²) in [5.41, 5.74) is 6.72. The van der Waals surface area contributed by atoms with Crippen LogP contribution in [-0.2, 0) is 16.6 Å². The number of alkyl halides is 3. The Morgan fingerprint density at radius 3 is 2.69 bits per heavy atom. The van der Waals surface area contributed by atoms with Gasteiger partial charge in [-0.15, -0.1) is 0 Å². The Morgan fingerprint density at radius 2 is 2.00 bits per heavy atom. The summed E-state index contributed by atoms with van der Waals surface area (Å²) in [5, 5.41) is 6.81. The van der Waals surface area contributed by atoms with Crippen LogP contribution >= 0.6 is 0 Å². The number of ether oxygens (including phenoxy) is 1. The molecule has 0 saturated carbocycles. The van der Waals surface area contributed by atoms with Crippen LogP contribution in [0.15, 0.2) is 30.9 Å². The molecule has 0 bridgehead atoms. The molecule has 4 aromatic rings. The third-order valence-corrected chi connectivity index (χ3v) is 6.04. The minimum absolute atomic E-state index is 0.0217. The van der Waals surface area contributed by atoms with E-state index in [9.17, 15) is 18.0 Å². The number of fused-ring (bicyclic) bond motifs is 2. The number of anilines is 2. The number of aryl methyl sites for hydroxylation is 1. The molecule has 3 N–H and O–H groups in total. The van der Waals surface area contributed by atoms with E-state index < -0.39 is 18.0 Å². The number of nitrogens with two attached hydrogens (primary N) is 1. The Bertz CT molecular complexity index is 1470. The fraction of sp³-hybridized carbons (Fsp3) is 0.318. The maximum Gasteiger partial charge on any atom is 0.389 e. The van der Waals surface area contributed by atoms with Gasteiger partial charge in [0.15, 0.2) is 11.5 Å². The van der Waals surface area contributed by atoms with E-state index in [2.05, 4.69) is 35.3 Å². The maximum atomic E-state index is 13.1. The molecule has 11 nitrogen and oxygen atoms in total. The van der Waals surface area contributed by atoms with Crippen molar-refractivity contribution in [2.45, 2.75) is 37.8 Å². The van der Waals surface area contributed by atoms with Gasteiger partial charge in [-0.3, -0.25) is 9.78 Å². The van der Waals surface area contributed by atoms with E-state index in [1.807, 2.05) is 0 Å². The molecule has 5 heterocycles. The number of amides is 1. The lowest BCUT2D eigenvalue weighted by atomic mass is 9.81. The van der Waals surface area contributed by atoms with Crippen molar-refractivity contribution in [3.05, 3.63) is 47.8 Å². The smallest absolute Gasteiger partial charge is 0.389 e. The molecule has 1 atom stereocenters. The SMILES string of the molecule is COc1ccc(C2(C)C(=O)Nc3nc(-c4cn5ncnc5c(CCCC(F)(F)F)n4)nc(N)c32)nc1. The first kappa shape index (κ1) is 23.4. The van der Waals surface area contributed by atoms with Gasteiger partial charge in [-0.05, 0) is 31.9 Å². The largest absolute Gasteiger partial charge is 0.495 e. The number of methoxy groups -OCH3 is 1. The number of hydrogen-bond donors (Lipinski definition) is 2. The monoisotopic (exact) mass is 499 g/mol. The highest BCUT2D eigenvalue weighted by Gasteiger charge is 2.48. The van der Waals surface area contributed by atoms with Gasteiger partial charge in [-0.25, -0.2) is 24.5 Å². The number of carbonyl (C=O) groups is 1. The van der Waals surface area contributed by atoms with Gasteiger partial charge in [0.1, 0.15) is 34.8 Å². The third-order valence-electron chi connectivity index (χ3n) is 6.04. The number of hydrogen-bond acceptors (Lipinski definition) is 9. The number of aromatic nitrogens is 7. The molecule has 4 aromatic heterocycles. The summed E-state index contributed by atoms with van der Waals surface area (Å²) >= 11 is 0. The lowest BCUT2D eigenvalue weighted by Crippen LogP contribution is -2.33. The van der Waals surface area contributed by atoms with Crippen LogP contribution in [0.2, 0.25) is 0 Å². The molecule has 1 aliphatic heterocycles. The topological polar surface area (TPSA) is 146 Å². The molecule has 1 amide bonds. The molecule has 0 fully saturated rings. The lowest BCUT2D eigenvalue weighted by Gasteiger charge is -2.22. The van der Waals surface area contributed by atoms with Crippen molar-refractivity contribution in [1.29, 1.82) is 0 Å². The third kappa shape index (κ3) is 3.93. The van der Waals surface area contributed by atoms with Crippen molar-refractivity contribution < 1.29 is 22.7 Å². The van der Waals surface area contributed by atoms with Gasteiger partial charge in [0.25, 0.3) is 0 Å². The van der Waals surface area contributed by atoms with Crippen molar-refractivity contribution in [3.63, 3.8) is 0 Å². The summed E-state index contributed by atoms with van der Waals surface area (Å²) in [6.07, 6.45) is -1.10.